The van der Waals surface area contributed by atoms with E-state index in [1.54, 1.807) is 10.9 Å². The maximum atomic E-state index is 9.06. The summed E-state index contributed by atoms with van der Waals surface area (Å²) in [7, 11) is 3.91. The first-order valence-electron chi connectivity index (χ1n) is 5.85. The fraction of sp³-hybridized carbons (Fsp3) is 0.385. The van der Waals surface area contributed by atoms with Gasteiger partial charge in [0.15, 0.2) is 0 Å². The van der Waals surface area contributed by atoms with Crippen LogP contribution in [-0.4, -0.2) is 26.9 Å². The maximum Gasteiger partial charge on any atom is 0.131 e. The Morgan fingerprint density at radius 2 is 2.11 bits per heavy atom. The Hall–Kier alpha value is -1.88. The summed E-state index contributed by atoms with van der Waals surface area (Å²) < 4.78 is 1.79. The zero-order valence-electron chi connectivity index (χ0n) is 11.0. The van der Waals surface area contributed by atoms with E-state index in [0.717, 1.165) is 29.1 Å². The average Bonchev–Trinajstić information content (AvgIpc) is 2.74. The van der Waals surface area contributed by atoms with E-state index in [2.05, 4.69) is 15.0 Å². The number of aliphatic hydroxyl groups is 1. The van der Waals surface area contributed by atoms with Crippen LogP contribution in [-0.2, 0) is 20.2 Å². The van der Waals surface area contributed by atoms with Gasteiger partial charge in [-0.3, -0.25) is 4.68 Å². The minimum Gasteiger partial charge on any atom is -0.392 e. The number of aliphatic hydroxyl groups excluding tert-OH is 1. The zero-order chi connectivity index (χ0) is 13.1. The molecule has 0 aliphatic rings. The van der Waals surface area contributed by atoms with E-state index in [1.165, 1.54) is 0 Å². The summed E-state index contributed by atoms with van der Waals surface area (Å²) in [6.07, 6.45) is 5.56. The Morgan fingerprint density at radius 3 is 2.67 bits per heavy atom. The van der Waals surface area contributed by atoms with Gasteiger partial charge in [-0.25, -0.2) is 4.98 Å². The molecule has 5 heteroatoms. The van der Waals surface area contributed by atoms with Crippen LogP contribution in [0.4, 0.5) is 5.82 Å². The van der Waals surface area contributed by atoms with E-state index in [1.807, 2.05) is 39.5 Å². The second-order valence-corrected chi connectivity index (χ2v) is 4.52. The van der Waals surface area contributed by atoms with E-state index >= 15 is 0 Å². The number of nitrogens with zero attached hydrogens (tertiary/aromatic N) is 4. The molecule has 2 aromatic rings. The molecule has 0 saturated heterocycles. The highest BCUT2D eigenvalue weighted by molar-refractivity contribution is 5.47. The van der Waals surface area contributed by atoms with Crippen molar-refractivity contribution in [3.63, 3.8) is 0 Å². The van der Waals surface area contributed by atoms with Gasteiger partial charge in [0.2, 0.25) is 0 Å². The minimum atomic E-state index is 0.0282. The van der Waals surface area contributed by atoms with Crippen LogP contribution in [0.5, 0.6) is 0 Å². The van der Waals surface area contributed by atoms with Gasteiger partial charge in [0.25, 0.3) is 0 Å². The number of aryl methyl sites for hydroxylation is 2. The first-order valence-corrected chi connectivity index (χ1v) is 5.85. The van der Waals surface area contributed by atoms with Crippen LogP contribution in [0.25, 0.3) is 0 Å². The van der Waals surface area contributed by atoms with Crippen LogP contribution in [0.2, 0.25) is 0 Å². The first-order chi connectivity index (χ1) is 8.60. The van der Waals surface area contributed by atoms with Crippen molar-refractivity contribution >= 4 is 5.82 Å². The quantitative estimate of drug-likeness (QED) is 0.882. The van der Waals surface area contributed by atoms with Crippen molar-refractivity contribution in [2.45, 2.75) is 20.1 Å². The smallest absolute Gasteiger partial charge is 0.131 e. The van der Waals surface area contributed by atoms with Gasteiger partial charge in [-0.1, -0.05) is 0 Å². The van der Waals surface area contributed by atoms with Crippen molar-refractivity contribution in [3.05, 3.63) is 41.3 Å². The number of pyridine rings is 1. The van der Waals surface area contributed by atoms with E-state index in [0.29, 0.717) is 0 Å². The predicted molar refractivity (Wildman–Crippen MR) is 70.2 cm³/mol. The first kappa shape index (κ1) is 12.6. The standard InChI is InChI=1S/C13H18N4O/c1-10-4-11(9-18)5-14-13(10)16(2)7-12-6-15-17(3)8-12/h4-6,8,18H,7,9H2,1-3H3. The van der Waals surface area contributed by atoms with Gasteiger partial charge < -0.3 is 10.0 Å². The molecule has 0 aromatic carbocycles. The largest absolute Gasteiger partial charge is 0.392 e. The van der Waals surface area contributed by atoms with Gasteiger partial charge in [-0.05, 0) is 24.1 Å². The Bertz CT molecular complexity index is 536. The van der Waals surface area contributed by atoms with Crippen LogP contribution >= 0.6 is 0 Å². The lowest BCUT2D eigenvalue weighted by Gasteiger charge is -2.19. The van der Waals surface area contributed by atoms with Gasteiger partial charge in [0.05, 0.1) is 12.8 Å². The van der Waals surface area contributed by atoms with E-state index in [-0.39, 0.29) is 6.61 Å². The zero-order valence-corrected chi connectivity index (χ0v) is 11.0. The molecular weight excluding hydrogens is 228 g/mol. The molecule has 0 radical (unpaired) electrons. The Kier molecular flexibility index (Phi) is 3.62. The summed E-state index contributed by atoms with van der Waals surface area (Å²) in [4.78, 5) is 6.47. The van der Waals surface area contributed by atoms with Gasteiger partial charge in [-0.2, -0.15) is 5.10 Å². The highest BCUT2D eigenvalue weighted by Crippen LogP contribution is 2.18. The average molecular weight is 246 g/mol. The Labute approximate surface area is 107 Å². The lowest BCUT2D eigenvalue weighted by Crippen LogP contribution is -2.18. The van der Waals surface area contributed by atoms with Crippen LogP contribution in [0.1, 0.15) is 16.7 Å². The summed E-state index contributed by atoms with van der Waals surface area (Å²) in [5.74, 6) is 0.927. The number of rotatable bonds is 4. The van der Waals surface area contributed by atoms with Gasteiger partial charge in [-0.15, -0.1) is 0 Å². The summed E-state index contributed by atoms with van der Waals surface area (Å²) in [6, 6.07) is 1.96. The van der Waals surface area contributed by atoms with Crippen LogP contribution < -0.4 is 4.90 Å². The van der Waals surface area contributed by atoms with Crippen LogP contribution in [0, 0.1) is 6.92 Å². The highest BCUT2D eigenvalue weighted by Gasteiger charge is 2.08. The molecule has 0 fully saturated rings. The van der Waals surface area contributed by atoms with E-state index in [9.17, 15) is 0 Å². The predicted octanol–water partition coefficient (Wildman–Crippen LogP) is 1.25. The molecule has 0 atom stereocenters. The lowest BCUT2D eigenvalue weighted by atomic mass is 10.2. The van der Waals surface area contributed by atoms with Crippen molar-refractivity contribution in [2.75, 3.05) is 11.9 Å². The molecule has 2 rings (SSSR count). The lowest BCUT2D eigenvalue weighted by molar-refractivity contribution is 0.281. The van der Waals surface area contributed by atoms with Crippen molar-refractivity contribution in [1.82, 2.24) is 14.8 Å². The third kappa shape index (κ3) is 2.68. The molecule has 0 saturated carbocycles. The molecule has 5 nitrogen and oxygen atoms in total. The maximum absolute atomic E-state index is 9.06. The molecule has 18 heavy (non-hydrogen) atoms. The monoisotopic (exact) mass is 246 g/mol. The van der Waals surface area contributed by atoms with Crippen molar-refractivity contribution in [3.8, 4) is 0 Å². The molecule has 0 spiro atoms. The van der Waals surface area contributed by atoms with Gasteiger partial charge >= 0.3 is 0 Å². The van der Waals surface area contributed by atoms with Crippen molar-refractivity contribution in [1.29, 1.82) is 0 Å². The van der Waals surface area contributed by atoms with E-state index in [4.69, 9.17) is 5.11 Å². The fourth-order valence-corrected chi connectivity index (χ4v) is 2.01. The molecule has 0 bridgehead atoms. The molecule has 2 aromatic heterocycles. The SMILES string of the molecule is Cc1cc(CO)cnc1N(C)Cc1cnn(C)c1. The summed E-state index contributed by atoms with van der Waals surface area (Å²) >= 11 is 0. The molecule has 2 heterocycles. The van der Waals surface area contributed by atoms with Crippen LogP contribution in [0.15, 0.2) is 24.7 Å². The van der Waals surface area contributed by atoms with E-state index < -0.39 is 0 Å². The molecule has 0 aliphatic heterocycles. The molecule has 0 aliphatic carbocycles. The number of aromatic nitrogens is 3. The summed E-state index contributed by atoms with van der Waals surface area (Å²) in [5.41, 5.74) is 3.05. The third-order valence-electron chi connectivity index (χ3n) is 2.83. The fourth-order valence-electron chi connectivity index (χ4n) is 2.01. The van der Waals surface area contributed by atoms with Gasteiger partial charge in [0, 0.05) is 38.6 Å². The minimum absolute atomic E-state index is 0.0282. The summed E-state index contributed by atoms with van der Waals surface area (Å²) in [6.45, 7) is 2.79. The highest BCUT2D eigenvalue weighted by atomic mass is 16.3. The third-order valence-corrected chi connectivity index (χ3v) is 2.83. The molecule has 0 amide bonds. The Balaban J connectivity index is 2.15. The number of anilines is 1. The molecule has 0 unspecified atom stereocenters. The summed E-state index contributed by atoms with van der Waals surface area (Å²) in [5, 5.41) is 13.2. The number of hydrogen-bond donors (Lipinski definition) is 1. The van der Waals surface area contributed by atoms with Crippen LogP contribution in [0.3, 0.4) is 0 Å². The second-order valence-electron chi connectivity index (χ2n) is 4.52. The molecule has 96 valence electrons. The molecular formula is C13H18N4O. The molecule has 1 N–H and O–H groups in total. The normalized spacial score (nSPS) is 10.7. The van der Waals surface area contributed by atoms with Crippen molar-refractivity contribution in [2.24, 2.45) is 7.05 Å². The van der Waals surface area contributed by atoms with Crippen molar-refractivity contribution < 1.29 is 5.11 Å². The second kappa shape index (κ2) is 5.18. The topological polar surface area (TPSA) is 54.2 Å². The number of hydrogen-bond acceptors (Lipinski definition) is 4. The van der Waals surface area contributed by atoms with Gasteiger partial charge in [0.1, 0.15) is 5.82 Å². The Morgan fingerprint density at radius 1 is 1.33 bits per heavy atom.